The van der Waals surface area contributed by atoms with E-state index >= 15 is 0 Å². The van der Waals surface area contributed by atoms with Gasteiger partial charge < -0.3 is 13.9 Å². The summed E-state index contributed by atoms with van der Waals surface area (Å²) in [4.78, 5) is 11.7. The molecule has 26 heavy (non-hydrogen) atoms. The lowest BCUT2D eigenvalue weighted by molar-refractivity contribution is -0.0457. The maximum absolute atomic E-state index is 11.7. The van der Waals surface area contributed by atoms with E-state index < -0.39 is 11.4 Å². The van der Waals surface area contributed by atoms with Gasteiger partial charge in [-0.2, -0.15) is 0 Å². The SMILES string of the molecule is O=c1ccc2ccc3c(c2o1)OC(c1ccccc1)(c1ccccc1)O3. The van der Waals surface area contributed by atoms with Crippen LogP contribution < -0.4 is 15.1 Å². The first-order valence-corrected chi connectivity index (χ1v) is 8.32. The normalized spacial score (nSPS) is 14.5. The Morgan fingerprint density at radius 2 is 1.27 bits per heavy atom. The van der Waals surface area contributed by atoms with Crippen molar-refractivity contribution in [3.8, 4) is 11.5 Å². The van der Waals surface area contributed by atoms with Crippen molar-refractivity contribution in [3.05, 3.63) is 106 Å². The number of rotatable bonds is 2. The molecule has 0 saturated heterocycles. The van der Waals surface area contributed by atoms with Crippen LogP contribution in [-0.2, 0) is 5.79 Å². The summed E-state index contributed by atoms with van der Waals surface area (Å²) in [5.41, 5.74) is 1.68. The van der Waals surface area contributed by atoms with Gasteiger partial charge in [0.05, 0.1) is 0 Å². The molecule has 126 valence electrons. The quantitative estimate of drug-likeness (QED) is 0.505. The lowest BCUT2D eigenvalue weighted by atomic mass is 9.97. The zero-order valence-corrected chi connectivity index (χ0v) is 13.7. The molecule has 0 fully saturated rings. The van der Waals surface area contributed by atoms with E-state index in [1.54, 1.807) is 6.07 Å². The fourth-order valence-corrected chi connectivity index (χ4v) is 3.30. The van der Waals surface area contributed by atoms with E-state index in [1.165, 1.54) is 6.07 Å². The van der Waals surface area contributed by atoms with Crippen molar-refractivity contribution in [2.24, 2.45) is 0 Å². The Balaban J connectivity index is 1.77. The second-order valence-electron chi connectivity index (χ2n) is 6.12. The third-order valence-electron chi connectivity index (χ3n) is 4.52. The predicted octanol–water partition coefficient (Wildman–Crippen LogP) is 4.47. The fourth-order valence-electron chi connectivity index (χ4n) is 3.30. The summed E-state index contributed by atoms with van der Waals surface area (Å²) in [5.74, 6) is -0.152. The van der Waals surface area contributed by atoms with Gasteiger partial charge in [-0.25, -0.2) is 4.79 Å². The second kappa shape index (κ2) is 5.49. The lowest BCUT2D eigenvalue weighted by Crippen LogP contribution is -2.36. The summed E-state index contributed by atoms with van der Waals surface area (Å²) >= 11 is 0. The number of benzene rings is 3. The van der Waals surface area contributed by atoms with Gasteiger partial charge in [-0.15, -0.1) is 0 Å². The van der Waals surface area contributed by atoms with Crippen LogP contribution in [0.3, 0.4) is 0 Å². The minimum absolute atomic E-state index is 0.392. The molecule has 0 unspecified atom stereocenters. The van der Waals surface area contributed by atoms with E-state index in [0.717, 1.165) is 16.5 Å². The molecular weight excluding hydrogens is 328 g/mol. The van der Waals surface area contributed by atoms with Crippen molar-refractivity contribution in [2.45, 2.75) is 5.79 Å². The maximum Gasteiger partial charge on any atom is 0.336 e. The minimum Gasteiger partial charge on any atom is -0.440 e. The summed E-state index contributed by atoms with van der Waals surface area (Å²) in [6, 6.07) is 26.3. The molecular formula is C22H14O4. The standard InChI is InChI=1S/C22H14O4/c23-19-14-12-15-11-13-18-21(20(15)24-19)26-22(25-18,16-7-3-1-4-8-16)17-9-5-2-6-10-17/h1-14H. The molecule has 3 aromatic carbocycles. The molecule has 0 N–H and O–H groups in total. The molecule has 5 rings (SSSR count). The molecule has 0 bridgehead atoms. The van der Waals surface area contributed by atoms with Crippen LogP contribution >= 0.6 is 0 Å². The van der Waals surface area contributed by atoms with E-state index in [4.69, 9.17) is 13.9 Å². The highest BCUT2D eigenvalue weighted by Crippen LogP contribution is 2.50. The average Bonchev–Trinajstić information content (AvgIpc) is 3.11. The van der Waals surface area contributed by atoms with Gasteiger partial charge in [0.2, 0.25) is 5.75 Å². The second-order valence-corrected chi connectivity index (χ2v) is 6.12. The highest BCUT2D eigenvalue weighted by Gasteiger charge is 2.46. The molecule has 1 aromatic heterocycles. The van der Waals surface area contributed by atoms with Gasteiger partial charge in [0, 0.05) is 22.6 Å². The van der Waals surface area contributed by atoms with E-state index in [2.05, 4.69) is 0 Å². The first-order valence-electron chi connectivity index (χ1n) is 8.32. The number of hydrogen-bond acceptors (Lipinski definition) is 4. The Labute approximate surface area is 149 Å². The Bertz CT molecular complexity index is 1110. The number of hydrogen-bond donors (Lipinski definition) is 0. The van der Waals surface area contributed by atoms with Crippen molar-refractivity contribution in [2.75, 3.05) is 0 Å². The fraction of sp³-hybridized carbons (Fsp3) is 0.0455. The lowest BCUT2D eigenvalue weighted by Gasteiger charge is -2.28. The van der Waals surface area contributed by atoms with E-state index in [1.807, 2.05) is 72.8 Å². The van der Waals surface area contributed by atoms with Crippen LogP contribution in [0.2, 0.25) is 0 Å². The van der Waals surface area contributed by atoms with Crippen LogP contribution in [0.5, 0.6) is 11.5 Å². The maximum atomic E-state index is 11.7. The van der Waals surface area contributed by atoms with Crippen LogP contribution in [0.4, 0.5) is 0 Å². The highest BCUT2D eigenvalue weighted by molar-refractivity contribution is 5.86. The highest BCUT2D eigenvalue weighted by atomic mass is 16.7. The van der Waals surface area contributed by atoms with Gasteiger partial charge in [-0.1, -0.05) is 60.7 Å². The predicted molar refractivity (Wildman–Crippen MR) is 97.4 cm³/mol. The summed E-state index contributed by atoms with van der Waals surface area (Å²) < 4.78 is 18.1. The molecule has 0 amide bonds. The van der Waals surface area contributed by atoms with Gasteiger partial charge in [-0.05, 0) is 18.2 Å². The molecule has 4 aromatic rings. The number of ether oxygens (including phenoxy) is 2. The van der Waals surface area contributed by atoms with Crippen LogP contribution in [0, 0.1) is 0 Å². The zero-order valence-electron chi connectivity index (χ0n) is 13.7. The average molecular weight is 342 g/mol. The van der Waals surface area contributed by atoms with E-state index in [-0.39, 0.29) is 0 Å². The molecule has 0 spiro atoms. The molecule has 4 heteroatoms. The van der Waals surface area contributed by atoms with Gasteiger partial charge in [0.15, 0.2) is 11.3 Å². The van der Waals surface area contributed by atoms with Crippen LogP contribution in [0.25, 0.3) is 11.0 Å². The molecule has 4 nitrogen and oxygen atoms in total. The molecule has 0 aliphatic carbocycles. The monoisotopic (exact) mass is 342 g/mol. The molecule has 0 atom stereocenters. The van der Waals surface area contributed by atoms with Crippen LogP contribution in [0.1, 0.15) is 11.1 Å². The summed E-state index contributed by atoms with van der Waals surface area (Å²) in [5, 5.41) is 0.781. The van der Waals surface area contributed by atoms with Gasteiger partial charge in [0.1, 0.15) is 0 Å². The molecule has 0 radical (unpaired) electrons. The van der Waals surface area contributed by atoms with Gasteiger partial charge >= 0.3 is 11.4 Å². The third kappa shape index (κ3) is 2.12. The summed E-state index contributed by atoms with van der Waals surface area (Å²) in [6.45, 7) is 0. The van der Waals surface area contributed by atoms with Crippen molar-refractivity contribution in [3.63, 3.8) is 0 Å². The number of fused-ring (bicyclic) bond motifs is 3. The first-order chi connectivity index (χ1) is 12.8. The first kappa shape index (κ1) is 14.8. The third-order valence-corrected chi connectivity index (χ3v) is 4.52. The topological polar surface area (TPSA) is 48.7 Å². The Morgan fingerprint density at radius 1 is 0.654 bits per heavy atom. The van der Waals surface area contributed by atoms with Gasteiger partial charge in [-0.3, -0.25) is 0 Å². The van der Waals surface area contributed by atoms with Crippen LogP contribution in [-0.4, -0.2) is 0 Å². The molecule has 1 aliphatic heterocycles. The smallest absolute Gasteiger partial charge is 0.336 e. The molecule has 0 saturated carbocycles. The molecule has 2 heterocycles. The largest absolute Gasteiger partial charge is 0.440 e. The van der Waals surface area contributed by atoms with Crippen LogP contribution in [0.15, 0.2) is 94.1 Å². The summed E-state index contributed by atoms with van der Waals surface area (Å²) in [6.07, 6.45) is 0. The zero-order chi connectivity index (χ0) is 17.6. The van der Waals surface area contributed by atoms with E-state index in [9.17, 15) is 4.79 Å². The van der Waals surface area contributed by atoms with Crippen molar-refractivity contribution >= 4 is 11.0 Å². The Morgan fingerprint density at radius 3 is 1.92 bits per heavy atom. The van der Waals surface area contributed by atoms with Crippen molar-refractivity contribution < 1.29 is 13.9 Å². The summed E-state index contributed by atoms with van der Waals surface area (Å²) in [7, 11) is 0. The van der Waals surface area contributed by atoms with E-state index in [0.29, 0.717) is 17.1 Å². The molecule has 1 aliphatic rings. The Hall–Kier alpha value is -3.53. The Kier molecular flexibility index (Phi) is 3.12. The van der Waals surface area contributed by atoms with Gasteiger partial charge in [0.25, 0.3) is 0 Å². The minimum atomic E-state index is -1.13. The van der Waals surface area contributed by atoms with Crippen molar-refractivity contribution in [1.29, 1.82) is 0 Å². The van der Waals surface area contributed by atoms with Crippen molar-refractivity contribution in [1.82, 2.24) is 0 Å².